The lowest BCUT2D eigenvalue weighted by atomic mass is 10.1. The molecule has 0 saturated carbocycles. The van der Waals surface area contributed by atoms with Crippen molar-refractivity contribution in [1.82, 2.24) is 9.88 Å². The summed E-state index contributed by atoms with van der Waals surface area (Å²) in [6.45, 7) is 0.642. The molecular weight excluding hydrogens is 440 g/mol. The molecule has 1 amide bonds. The van der Waals surface area contributed by atoms with E-state index in [0.29, 0.717) is 12.1 Å². The van der Waals surface area contributed by atoms with Crippen LogP contribution in [0.5, 0.6) is 5.75 Å². The summed E-state index contributed by atoms with van der Waals surface area (Å²) in [7, 11) is 1.61. The first-order valence-corrected chi connectivity index (χ1v) is 12.2. The van der Waals surface area contributed by atoms with Crippen LogP contribution in [0.2, 0.25) is 0 Å². The third-order valence-electron chi connectivity index (χ3n) is 5.16. The van der Waals surface area contributed by atoms with Crippen molar-refractivity contribution in [2.24, 2.45) is 0 Å². The smallest absolute Gasteiger partial charge is 0.312 e. The molecule has 0 bridgehead atoms. The van der Waals surface area contributed by atoms with Gasteiger partial charge in [-0.3, -0.25) is 14.2 Å². The molecule has 0 aliphatic rings. The number of nitrogens with one attached hydrogen (secondary N) is 1. The number of amides is 1. The van der Waals surface area contributed by atoms with E-state index in [4.69, 9.17) is 4.74 Å². The number of benzene rings is 2. The lowest BCUT2D eigenvalue weighted by Crippen LogP contribution is -2.24. The number of aromatic nitrogens is 1. The highest BCUT2D eigenvalue weighted by Gasteiger charge is 2.13. The Morgan fingerprint density at radius 1 is 1.03 bits per heavy atom. The van der Waals surface area contributed by atoms with E-state index >= 15 is 0 Å². The first-order valence-electron chi connectivity index (χ1n) is 10.4. The highest BCUT2D eigenvalue weighted by atomic mass is 32.1. The number of hydrogen-bond acceptors (Lipinski definition) is 5. The average Bonchev–Trinajstić information content (AvgIpc) is 3.48. The molecule has 0 spiro atoms. The van der Waals surface area contributed by atoms with Crippen LogP contribution in [0.1, 0.15) is 28.1 Å². The third kappa shape index (κ3) is 5.18. The maximum Gasteiger partial charge on any atom is 0.312 e. The molecule has 7 heteroatoms. The Kier molecular flexibility index (Phi) is 7.19. The Hall–Kier alpha value is -3.16. The average molecular weight is 465 g/mol. The summed E-state index contributed by atoms with van der Waals surface area (Å²) < 4.78 is 6.87. The summed E-state index contributed by atoms with van der Waals surface area (Å²) in [6.07, 6.45) is 3.03. The minimum absolute atomic E-state index is 0.0780. The first kappa shape index (κ1) is 22.0. The number of aryl methyl sites for hydroxylation is 1. The van der Waals surface area contributed by atoms with E-state index in [-0.39, 0.29) is 10.8 Å². The van der Waals surface area contributed by atoms with Gasteiger partial charge < -0.3 is 10.1 Å². The highest BCUT2D eigenvalue weighted by Crippen LogP contribution is 2.25. The number of hydrogen-bond donors (Lipinski definition) is 1. The second kappa shape index (κ2) is 10.4. The zero-order valence-corrected chi connectivity index (χ0v) is 19.4. The Labute approximate surface area is 194 Å². The molecule has 2 aromatic heterocycles. The van der Waals surface area contributed by atoms with Gasteiger partial charge in [-0.15, -0.1) is 11.3 Å². The number of unbranched alkanes of at least 4 members (excludes halogenated alkanes) is 1. The fraction of sp³-hybridized carbons (Fsp3) is 0.200. The zero-order chi connectivity index (χ0) is 22.3. The van der Waals surface area contributed by atoms with Crippen LogP contribution in [0.25, 0.3) is 16.9 Å². The minimum atomic E-state index is -0.100. The van der Waals surface area contributed by atoms with E-state index in [0.717, 1.165) is 53.3 Å². The number of methoxy groups -OCH3 is 1. The van der Waals surface area contributed by atoms with Gasteiger partial charge in [-0.1, -0.05) is 29.5 Å². The lowest BCUT2D eigenvalue weighted by molar-refractivity contribution is 0.0953. The SMILES string of the molecule is COc1ccc(-n2c(-c3cccc(C(=O)NCCCCc4cccs4)c3)csc2=O)cc1. The normalized spacial score (nSPS) is 10.8. The fourth-order valence-electron chi connectivity index (χ4n) is 3.49. The van der Waals surface area contributed by atoms with Crippen LogP contribution in [-0.4, -0.2) is 24.1 Å². The summed E-state index contributed by atoms with van der Waals surface area (Å²) >= 11 is 2.91. The van der Waals surface area contributed by atoms with Crippen molar-refractivity contribution >= 4 is 28.6 Å². The number of carbonyl (C=O) groups excluding carboxylic acids is 1. The molecular formula is C25H24N2O3S2. The van der Waals surface area contributed by atoms with E-state index in [1.807, 2.05) is 47.8 Å². The second-order valence-corrected chi connectivity index (χ2v) is 9.15. The summed E-state index contributed by atoms with van der Waals surface area (Å²) in [5.41, 5.74) is 2.92. The van der Waals surface area contributed by atoms with E-state index < -0.39 is 0 Å². The van der Waals surface area contributed by atoms with Crippen molar-refractivity contribution in [2.75, 3.05) is 13.7 Å². The molecule has 0 atom stereocenters. The van der Waals surface area contributed by atoms with E-state index in [1.54, 1.807) is 29.1 Å². The van der Waals surface area contributed by atoms with E-state index in [1.165, 1.54) is 4.88 Å². The summed E-state index contributed by atoms with van der Waals surface area (Å²) in [6, 6.07) is 19.0. The molecule has 0 saturated heterocycles. The van der Waals surface area contributed by atoms with E-state index in [9.17, 15) is 9.59 Å². The number of thiazole rings is 1. The maximum atomic E-state index is 12.7. The Morgan fingerprint density at radius 2 is 1.88 bits per heavy atom. The van der Waals surface area contributed by atoms with Crippen LogP contribution in [0.15, 0.2) is 76.2 Å². The van der Waals surface area contributed by atoms with Gasteiger partial charge in [-0.2, -0.15) is 0 Å². The van der Waals surface area contributed by atoms with Gasteiger partial charge >= 0.3 is 4.87 Å². The molecule has 0 fully saturated rings. The Balaban J connectivity index is 1.45. The number of carbonyl (C=O) groups is 1. The molecule has 0 unspecified atom stereocenters. The molecule has 1 N–H and O–H groups in total. The van der Waals surface area contributed by atoms with Crippen molar-refractivity contribution < 1.29 is 9.53 Å². The lowest BCUT2D eigenvalue weighted by Gasteiger charge is -2.10. The van der Waals surface area contributed by atoms with E-state index in [2.05, 4.69) is 22.8 Å². The molecule has 2 heterocycles. The molecule has 2 aromatic carbocycles. The number of nitrogens with zero attached hydrogens (tertiary/aromatic N) is 1. The van der Waals surface area contributed by atoms with Gasteiger partial charge in [-0.25, -0.2) is 0 Å². The topological polar surface area (TPSA) is 60.3 Å². The molecule has 0 aliphatic carbocycles. The molecule has 4 rings (SSSR count). The van der Waals surface area contributed by atoms with Crippen LogP contribution in [0.3, 0.4) is 0 Å². The van der Waals surface area contributed by atoms with Crippen LogP contribution in [-0.2, 0) is 6.42 Å². The molecule has 164 valence electrons. The second-order valence-electron chi connectivity index (χ2n) is 7.29. The van der Waals surface area contributed by atoms with Gasteiger partial charge in [0, 0.05) is 27.9 Å². The van der Waals surface area contributed by atoms with Crippen LogP contribution in [0.4, 0.5) is 0 Å². The predicted molar refractivity (Wildman–Crippen MR) is 131 cm³/mol. The van der Waals surface area contributed by atoms with Crippen molar-refractivity contribution in [3.8, 4) is 22.7 Å². The van der Waals surface area contributed by atoms with Gasteiger partial charge in [0.05, 0.1) is 18.5 Å². The number of thiophene rings is 1. The summed E-state index contributed by atoms with van der Waals surface area (Å²) in [4.78, 5) is 26.5. The van der Waals surface area contributed by atoms with Gasteiger partial charge in [0.15, 0.2) is 0 Å². The molecule has 32 heavy (non-hydrogen) atoms. The largest absolute Gasteiger partial charge is 0.497 e. The standard InChI is InChI=1S/C25H24N2O3S2/c1-30-21-12-10-20(11-13-21)27-23(17-32-25(27)29)18-6-4-7-19(16-18)24(28)26-14-3-2-8-22-9-5-15-31-22/h4-7,9-13,15-17H,2-3,8,14H2,1H3,(H,26,28). The van der Waals surface area contributed by atoms with Gasteiger partial charge in [-0.05, 0) is 67.1 Å². The van der Waals surface area contributed by atoms with Crippen molar-refractivity contribution in [3.63, 3.8) is 0 Å². The van der Waals surface area contributed by atoms with Gasteiger partial charge in [0.1, 0.15) is 5.75 Å². The molecule has 4 aromatic rings. The van der Waals surface area contributed by atoms with Crippen molar-refractivity contribution in [3.05, 3.63) is 91.5 Å². The Bertz CT molecular complexity index is 1220. The highest BCUT2D eigenvalue weighted by molar-refractivity contribution is 7.09. The maximum absolute atomic E-state index is 12.7. The number of ether oxygens (including phenoxy) is 1. The van der Waals surface area contributed by atoms with Crippen molar-refractivity contribution in [1.29, 1.82) is 0 Å². The molecule has 0 aliphatic heterocycles. The quantitative estimate of drug-likeness (QED) is 0.338. The third-order valence-corrected chi connectivity index (χ3v) is 6.82. The summed E-state index contributed by atoms with van der Waals surface area (Å²) in [5, 5.41) is 6.92. The van der Waals surface area contributed by atoms with Crippen LogP contribution < -0.4 is 14.9 Å². The Morgan fingerprint density at radius 3 is 2.62 bits per heavy atom. The van der Waals surface area contributed by atoms with Gasteiger partial charge in [0.2, 0.25) is 0 Å². The molecule has 0 radical (unpaired) electrons. The number of rotatable bonds is 9. The fourth-order valence-corrected chi connectivity index (χ4v) is 5.00. The minimum Gasteiger partial charge on any atom is -0.497 e. The van der Waals surface area contributed by atoms with Gasteiger partial charge in [0.25, 0.3) is 5.91 Å². The molecule has 5 nitrogen and oxygen atoms in total. The predicted octanol–water partition coefficient (Wildman–Crippen LogP) is 5.39. The monoisotopic (exact) mass is 464 g/mol. The van der Waals surface area contributed by atoms with Crippen LogP contribution >= 0.6 is 22.7 Å². The van der Waals surface area contributed by atoms with Crippen molar-refractivity contribution in [2.45, 2.75) is 19.3 Å². The summed E-state index contributed by atoms with van der Waals surface area (Å²) in [5.74, 6) is 0.629. The first-order chi connectivity index (χ1) is 15.7. The zero-order valence-electron chi connectivity index (χ0n) is 17.7. The van der Waals surface area contributed by atoms with Crippen LogP contribution in [0, 0.1) is 0 Å².